The summed E-state index contributed by atoms with van der Waals surface area (Å²) in [7, 11) is 0. The molecule has 4 nitrogen and oxygen atoms in total. The van der Waals surface area contributed by atoms with Gasteiger partial charge in [0.1, 0.15) is 0 Å². The number of nitrogens with two attached hydrogens (primary N) is 1. The zero-order chi connectivity index (χ0) is 13.2. The van der Waals surface area contributed by atoms with Gasteiger partial charge in [-0.25, -0.2) is 4.98 Å². The fourth-order valence-electron chi connectivity index (χ4n) is 2.28. The first-order valence-electron chi connectivity index (χ1n) is 6.52. The van der Waals surface area contributed by atoms with Crippen molar-refractivity contribution in [1.82, 2.24) is 9.55 Å². The van der Waals surface area contributed by atoms with Crippen LogP contribution in [0.25, 0.3) is 0 Å². The number of nitrogens with zero attached hydrogens (tertiary/aromatic N) is 2. The lowest BCUT2D eigenvalue weighted by Gasteiger charge is -2.20. The van der Waals surface area contributed by atoms with Crippen LogP contribution in [0.5, 0.6) is 0 Å². The van der Waals surface area contributed by atoms with E-state index in [4.69, 9.17) is 17.3 Å². The molecular formula is C14H17ClN4. The van der Waals surface area contributed by atoms with Gasteiger partial charge in [0.25, 0.3) is 0 Å². The lowest BCUT2D eigenvalue weighted by molar-refractivity contribution is 0.642. The Morgan fingerprint density at radius 1 is 1.47 bits per heavy atom. The Morgan fingerprint density at radius 2 is 2.32 bits per heavy atom. The molecule has 5 heteroatoms. The minimum absolute atomic E-state index is 0.0570. The highest BCUT2D eigenvalue weighted by molar-refractivity contribution is 6.30. The predicted octanol–water partition coefficient (Wildman–Crippen LogP) is 2.98. The maximum atomic E-state index is 6.00. The van der Waals surface area contributed by atoms with Gasteiger partial charge in [-0.15, -0.1) is 0 Å². The molecule has 1 atom stereocenters. The van der Waals surface area contributed by atoms with E-state index in [2.05, 4.69) is 14.9 Å². The zero-order valence-corrected chi connectivity index (χ0v) is 11.3. The van der Waals surface area contributed by atoms with E-state index in [1.165, 1.54) is 12.8 Å². The van der Waals surface area contributed by atoms with E-state index in [0.29, 0.717) is 12.6 Å². The van der Waals surface area contributed by atoms with Gasteiger partial charge < -0.3 is 15.6 Å². The van der Waals surface area contributed by atoms with Crippen LogP contribution in [0.15, 0.2) is 36.8 Å². The predicted molar refractivity (Wildman–Crippen MR) is 77.4 cm³/mol. The van der Waals surface area contributed by atoms with Crippen LogP contribution in [0.1, 0.15) is 30.6 Å². The Labute approximate surface area is 117 Å². The topological polar surface area (TPSA) is 55.9 Å². The van der Waals surface area contributed by atoms with Crippen LogP contribution < -0.4 is 11.1 Å². The number of imidazole rings is 1. The van der Waals surface area contributed by atoms with Crippen molar-refractivity contribution in [3.05, 3.63) is 47.5 Å². The summed E-state index contributed by atoms with van der Waals surface area (Å²) in [6, 6.07) is 8.35. The molecule has 0 aliphatic heterocycles. The normalized spacial score (nSPS) is 16.3. The van der Waals surface area contributed by atoms with Crippen LogP contribution in [0.3, 0.4) is 0 Å². The van der Waals surface area contributed by atoms with Crippen molar-refractivity contribution in [2.45, 2.75) is 24.9 Å². The number of halogens is 1. The molecule has 0 radical (unpaired) electrons. The van der Waals surface area contributed by atoms with Gasteiger partial charge in [-0.2, -0.15) is 0 Å². The molecular weight excluding hydrogens is 260 g/mol. The molecule has 19 heavy (non-hydrogen) atoms. The molecule has 0 spiro atoms. The Bertz CT molecular complexity index is 562. The molecule has 1 aromatic heterocycles. The van der Waals surface area contributed by atoms with E-state index in [1.54, 1.807) is 0 Å². The van der Waals surface area contributed by atoms with Crippen molar-refractivity contribution in [3.8, 4) is 0 Å². The maximum absolute atomic E-state index is 6.00. The Kier molecular flexibility index (Phi) is 3.44. The van der Waals surface area contributed by atoms with Crippen molar-refractivity contribution >= 4 is 17.3 Å². The number of hydrogen-bond acceptors (Lipinski definition) is 3. The average Bonchev–Trinajstić information content (AvgIpc) is 3.14. The van der Waals surface area contributed by atoms with Crippen molar-refractivity contribution in [1.29, 1.82) is 0 Å². The first-order chi connectivity index (χ1) is 9.28. The summed E-state index contributed by atoms with van der Waals surface area (Å²) in [5, 5.41) is 4.14. The van der Waals surface area contributed by atoms with Crippen molar-refractivity contribution in [2.24, 2.45) is 5.73 Å². The third kappa shape index (κ3) is 2.74. The standard InChI is InChI=1S/C14H17ClN4/c15-10-2-1-3-11(6-10)18-13(7-16)14-8-17-9-19(14)12-4-5-12/h1-3,6,8-9,12-13,18H,4-5,7,16H2. The molecule has 100 valence electrons. The number of hydrogen-bond donors (Lipinski definition) is 2. The molecule has 1 saturated carbocycles. The molecule has 0 bridgehead atoms. The second-order valence-electron chi connectivity index (χ2n) is 4.90. The number of benzene rings is 1. The number of rotatable bonds is 5. The molecule has 3 rings (SSSR count). The summed E-state index contributed by atoms with van der Waals surface area (Å²) in [6.07, 6.45) is 6.26. The minimum atomic E-state index is 0.0570. The molecule has 3 N–H and O–H groups in total. The first kappa shape index (κ1) is 12.5. The van der Waals surface area contributed by atoms with E-state index in [9.17, 15) is 0 Å². The Hall–Kier alpha value is -1.52. The van der Waals surface area contributed by atoms with Gasteiger partial charge in [-0.3, -0.25) is 0 Å². The highest BCUT2D eigenvalue weighted by Gasteiger charge is 2.27. The minimum Gasteiger partial charge on any atom is -0.375 e. The summed E-state index contributed by atoms with van der Waals surface area (Å²) < 4.78 is 2.23. The van der Waals surface area contributed by atoms with Gasteiger partial charge in [0, 0.05) is 23.3 Å². The zero-order valence-electron chi connectivity index (χ0n) is 10.6. The van der Waals surface area contributed by atoms with E-state index < -0.39 is 0 Å². The van der Waals surface area contributed by atoms with Crippen molar-refractivity contribution in [2.75, 3.05) is 11.9 Å². The van der Waals surface area contributed by atoms with E-state index in [-0.39, 0.29) is 6.04 Å². The van der Waals surface area contributed by atoms with Gasteiger partial charge in [0.05, 0.1) is 24.3 Å². The average molecular weight is 277 g/mol. The number of aromatic nitrogens is 2. The van der Waals surface area contributed by atoms with E-state index >= 15 is 0 Å². The summed E-state index contributed by atoms with van der Waals surface area (Å²) in [4.78, 5) is 4.25. The molecule has 0 amide bonds. The summed E-state index contributed by atoms with van der Waals surface area (Å²) in [6.45, 7) is 0.519. The van der Waals surface area contributed by atoms with Crippen LogP contribution in [0.2, 0.25) is 5.02 Å². The summed E-state index contributed by atoms with van der Waals surface area (Å²) in [5.74, 6) is 0. The molecule has 1 fully saturated rings. The van der Waals surface area contributed by atoms with Gasteiger partial charge >= 0.3 is 0 Å². The lowest BCUT2D eigenvalue weighted by Crippen LogP contribution is -2.23. The van der Waals surface area contributed by atoms with E-state index in [0.717, 1.165) is 16.4 Å². The van der Waals surface area contributed by atoms with Gasteiger partial charge in [0.2, 0.25) is 0 Å². The smallest absolute Gasteiger partial charge is 0.0951 e. The molecule has 2 aromatic rings. The third-order valence-electron chi connectivity index (χ3n) is 3.39. The van der Waals surface area contributed by atoms with Crippen LogP contribution >= 0.6 is 11.6 Å². The molecule has 1 unspecified atom stereocenters. The summed E-state index contributed by atoms with van der Waals surface area (Å²) >= 11 is 6.00. The van der Waals surface area contributed by atoms with E-state index in [1.807, 2.05) is 36.8 Å². The highest BCUT2D eigenvalue weighted by atomic mass is 35.5. The number of anilines is 1. The quantitative estimate of drug-likeness (QED) is 0.883. The fraction of sp³-hybridized carbons (Fsp3) is 0.357. The SMILES string of the molecule is NCC(Nc1cccc(Cl)c1)c1cncn1C1CC1. The van der Waals surface area contributed by atoms with Crippen molar-refractivity contribution in [3.63, 3.8) is 0 Å². The van der Waals surface area contributed by atoms with Gasteiger partial charge in [-0.1, -0.05) is 17.7 Å². The molecule has 1 aliphatic carbocycles. The van der Waals surface area contributed by atoms with Crippen LogP contribution in [0.4, 0.5) is 5.69 Å². The van der Waals surface area contributed by atoms with Crippen LogP contribution in [0, 0.1) is 0 Å². The fourth-order valence-corrected chi connectivity index (χ4v) is 2.47. The highest BCUT2D eigenvalue weighted by Crippen LogP contribution is 2.37. The first-order valence-corrected chi connectivity index (χ1v) is 6.89. The maximum Gasteiger partial charge on any atom is 0.0951 e. The molecule has 0 saturated heterocycles. The monoisotopic (exact) mass is 276 g/mol. The van der Waals surface area contributed by atoms with Crippen LogP contribution in [-0.2, 0) is 0 Å². The van der Waals surface area contributed by atoms with Crippen molar-refractivity contribution < 1.29 is 0 Å². The second kappa shape index (κ2) is 5.23. The Morgan fingerprint density at radius 3 is 3.00 bits per heavy atom. The van der Waals surface area contributed by atoms with Gasteiger partial charge in [-0.05, 0) is 31.0 Å². The van der Waals surface area contributed by atoms with Crippen LogP contribution in [-0.4, -0.2) is 16.1 Å². The molecule has 1 aliphatic rings. The third-order valence-corrected chi connectivity index (χ3v) is 3.63. The van der Waals surface area contributed by atoms with Gasteiger partial charge in [0.15, 0.2) is 0 Å². The summed E-state index contributed by atoms with van der Waals surface area (Å²) in [5.41, 5.74) is 8.02. The lowest BCUT2D eigenvalue weighted by atomic mass is 10.2. The molecule has 1 heterocycles. The second-order valence-corrected chi connectivity index (χ2v) is 5.34. The number of nitrogens with one attached hydrogen (secondary N) is 1. The molecule has 1 aromatic carbocycles. The Balaban J connectivity index is 1.82. The largest absolute Gasteiger partial charge is 0.375 e.